The molecule has 0 amide bonds. The smallest absolute Gasteiger partial charge is 0.0398 e. The van der Waals surface area contributed by atoms with Crippen molar-refractivity contribution in [3.8, 4) is 0 Å². The van der Waals surface area contributed by atoms with E-state index in [4.69, 9.17) is 0 Å². The third kappa shape index (κ3) is 2.16. The molecule has 0 heterocycles. The van der Waals surface area contributed by atoms with E-state index >= 15 is 0 Å². The molecule has 0 radical (unpaired) electrons. The number of hydrogen-bond donors (Lipinski definition) is 0. The van der Waals surface area contributed by atoms with Gasteiger partial charge in [0.15, 0.2) is 0 Å². The van der Waals surface area contributed by atoms with Crippen molar-refractivity contribution in [2.75, 3.05) is 0 Å². The Bertz CT molecular complexity index is 307. The fraction of sp³-hybridized carbons (Fsp3) is 0.455. The Balaban J connectivity index is 2.43. The van der Waals surface area contributed by atoms with Gasteiger partial charge in [-0.05, 0) is 42.5 Å². The maximum absolute atomic E-state index is 3.75. The molecule has 1 aromatic carbocycles. The van der Waals surface area contributed by atoms with Gasteiger partial charge in [-0.2, -0.15) is 0 Å². The topological polar surface area (TPSA) is 0 Å². The van der Waals surface area contributed by atoms with Gasteiger partial charge < -0.3 is 0 Å². The summed E-state index contributed by atoms with van der Waals surface area (Å²) >= 11 is 7.27. The van der Waals surface area contributed by atoms with Crippen LogP contribution in [0.3, 0.4) is 0 Å². The van der Waals surface area contributed by atoms with E-state index in [0.717, 1.165) is 0 Å². The molecule has 0 saturated heterocycles. The lowest BCUT2D eigenvalue weighted by Gasteiger charge is -2.10. The molecule has 0 aliphatic heterocycles. The summed E-state index contributed by atoms with van der Waals surface area (Å²) in [6.07, 6.45) is 5.17. The average Bonchev–Trinajstić information content (AvgIpc) is 2.29. The van der Waals surface area contributed by atoms with Crippen molar-refractivity contribution in [2.45, 2.75) is 30.5 Å². The van der Waals surface area contributed by atoms with Crippen molar-refractivity contribution in [1.29, 1.82) is 0 Å². The molecule has 0 fully saturated rings. The van der Waals surface area contributed by atoms with Crippen LogP contribution in [0.15, 0.2) is 22.7 Å². The lowest BCUT2D eigenvalue weighted by atomic mass is 10.0. The van der Waals surface area contributed by atoms with E-state index in [1.165, 1.54) is 41.3 Å². The molecular weight excluding hydrogens is 292 g/mol. The summed E-state index contributed by atoms with van der Waals surface area (Å²) in [6.45, 7) is 0. The van der Waals surface area contributed by atoms with Crippen LogP contribution < -0.4 is 0 Å². The molecule has 2 heteroatoms. The molecule has 1 aliphatic rings. The van der Waals surface area contributed by atoms with Crippen LogP contribution in [0.2, 0.25) is 0 Å². The van der Waals surface area contributed by atoms with Gasteiger partial charge in [-0.25, -0.2) is 0 Å². The zero-order valence-corrected chi connectivity index (χ0v) is 10.6. The second-order valence-corrected chi connectivity index (χ2v) is 5.58. The minimum Gasteiger partial charge on any atom is -0.0839 e. The molecule has 0 N–H and O–H groups in total. The quantitative estimate of drug-likeness (QED) is 0.485. The summed E-state index contributed by atoms with van der Waals surface area (Å²) in [6, 6.07) is 6.64. The first-order valence-electron chi connectivity index (χ1n) is 4.70. The number of fused-ring (bicyclic) bond motifs is 1. The molecule has 0 nitrogen and oxygen atoms in total. The number of benzene rings is 1. The molecular formula is C11H12Br2. The first-order valence-corrected chi connectivity index (χ1v) is 6.40. The Morgan fingerprint density at radius 1 is 1.23 bits per heavy atom. The highest BCUT2D eigenvalue weighted by Crippen LogP contribution is 2.36. The molecule has 1 atom stereocenters. The first-order chi connectivity index (χ1) is 6.27. The van der Waals surface area contributed by atoms with Gasteiger partial charge in [0.2, 0.25) is 0 Å². The van der Waals surface area contributed by atoms with Gasteiger partial charge in [-0.1, -0.05) is 44.3 Å². The lowest BCUT2D eigenvalue weighted by molar-refractivity contribution is 0.708. The molecule has 70 valence electrons. The minimum absolute atomic E-state index is 0.558. The van der Waals surface area contributed by atoms with Crippen molar-refractivity contribution in [1.82, 2.24) is 0 Å². The zero-order valence-electron chi connectivity index (χ0n) is 7.39. The minimum atomic E-state index is 0.558. The van der Waals surface area contributed by atoms with Gasteiger partial charge in [0.25, 0.3) is 0 Å². The Kier molecular flexibility index (Phi) is 3.10. The first kappa shape index (κ1) is 9.72. The number of hydrogen-bond acceptors (Lipinski definition) is 0. The highest BCUT2D eigenvalue weighted by atomic mass is 79.9. The van der Waals surface area contributed by atoms with Gasteiger partial charge >= 0.3 is 0 Å². The van der Waals surface area contributed by atoms with Crippen LogP contribution in [0.5, 0.6) is 0 Å². The van der Waals surface area contributed by atoms with Crippen molar-refractivity contribution in [3.63, 3.8) is 0 Å². The van der Waals surface area contributed by atoms with Crippen molar-refractivity contribution in [3.05, 3.63) is 33.8 Å². The summed E-state index contributed by atoms with van der Waals surface area (Å²) in [5.74, 6) is 0. The summed E-state index contributed by atoms with van der Waals surface area (Å²) < 4.78 is 1.19. The predicted octanol–water partition coefficient (Wildman–Crippen LogP) is 4.61. The Morgan fingerprint density at radius 2 is 2.08 bits per heavy atom. The maximum Gasteiger partial charge on any atom is 0.0398 e. The highest BCUT2D eigenvalue weighted by molar-refractivity contribution is 9.10. The largest absolute Gasteiger partial charge is 0.0839 e. The summed E-state index contributed by atoms with van der Waals surface area (Å²) in [5, 5.41) is 0. The predicted molar refractivity (Wildman–Crippen MR) is 63.4 cm³/mol. The maximum atomic E-state index is 3.75. The van der Waals surface area contributed by atoms with E-state index in [9.17, 15) is 0 Å². The lowest BCUT2D eigenvalue weighted by Crippen LogP contribution is -1.92. The number of aryl methyl sites for hydroxylation is 1. The van der Waals surface area contributed by atoms with Gasteiger partial charge in [0, 0.05) is 9.30 Å². The van der Waals surface area contributed by atoms with E-state index in [-0.39, 0.29) is 0 Å². The van der Waals surface area contributed by atoms with Crippen LogP contribution in [0.4, 0.5) is 0 Å². The molecule has 13 heavy (non-hydrogen) atoms. The average molecular weight is 304 g/mol. The van der Waals surface area contributed by atoms with E-state index in [0.29, 0.717) is 4.83 Å². The Morgan fingerprint density at radius 3 is 2.92 bits per heavy atom. The van der Waals surface area contributed by atoms with Crippen molar-refractivity contribution < 1.29 is 0 Å². The van der Waals surface area contributed by atoms with E-state index in [2.05, 4.69) is 50.1 Å². The zero-order chi connectivity index (χ0) is 9.26. The number of alkyl halides is 1. The SMILES string of the molecule is Brc1ccc2c(c1)C(Br)CCCC2. The standard InChI is InChI=1S/C11H12Br2/c12-9-6-5-8-3-1-2-4-11(13)10(8)7-9/h5-7,11H,1-4H2. The van der Waals surface area contributed by atoms with Crippen molar-refractivity contribution in [2.24, 2.45) is 0 Å². The molecule has 0 saturated carbocycles. The second kappa shape index (κ2) is 4.14. The van der Waals surface area contributed by atoms with Crippen LogP contribution >= 0.6 is 31.9 Å². The molecule has 0 spiro atoms. The van der Waals surface area contributed by atoms with Gasteiger partial charge in [-0.3, -0.25) is 0 Å². The van der Waals surface area contributed by atoms with E-state index in [1.807, 2.05) is 0 Å². The van der Waals surface area contributed by atoms with Crippen LogP contribution in [-0.4, -0.2) is 0 Å². The third-order valence-electron chi connectivity index (χ3n) is 2.60. The summed E-state index contributed by atoms with van der Waals surface area (Å²) in [4.78, 5) is 0.558. The van der Waals surface area contributed by atoms with E-state index < -0.39 is 0 Å². The van der Waals surface area contributed by atoms with Crippen molar-refractivity contribution >= 4 is 31.9 Å². The van der Waals surface area contributed by atoms with Gasteiger partial charge in [0.1, 0.15) is 0 Å². The molecule has 0 bridgehead atoms. The normalized spacial score (nSPS) is 22.2. The molecule has 1 aliphatic carbocycles. The molecule has 0 aromatic heterocycles. The Labute approximate surface area is 96.0 Å². The van der Waals surface area contributed by atoms with Gasteiger partial charge in [-0.15, -0.1) is 0 Å². The second-order valence-electron chi connectivity index (χ2n) is 3.56. The summed E-state index contributed by atoms with van der Waals surface area (Å²) in [7, 11) is 0. The molecule has 1 aromatic rings. The number of rotatable bonds is 0. The highest BCUT2D eigenvalue weighted by Gasteiger charge is 2.15. The van der Waals surface area contributed by atoms with Crippen LogP contribution in [0, 0.1) is 0 Å². The van der Waals surface area contributed by atoms with Crippen LogP contribution in [0.25, 0.3) is 0 Å². The monoisotopic (exact) mass is 302 g/mol. The van der Waals surface area contributed by atoms with E-state index in [1.54, 1.807) is 0 Å². The summed E-state index contributed by atoms with van der Waals surface area (Å²) in [5.41, 5.74) is 2.99. The number of halogens is 2. The third-order valence-corrected chi connectivity index (χ3v) is 4.04. The van der Waals surface area contributed by atoms with Crippen LogP contribution in [-0.2, 0) is 6.42 Å². The Hall–Kier alpha value is 0.180. The fourth-order valence-corrected chi connectivity index (χ4v) is 3.01. The van der Waals surface area contributed by atoms with Crippen LogP contribution in [0.1, 0.15) is 35.2 Å². The molecule has 2 rings (SSSR count). The van der Waals surface area contributed by atoms with Gasteiger partial charge in [0.05, 0.1) is 0 Å². The molecule has 1 unspecified atom stereocenters. The fourth-order valence-electron chi connectivity index (χ4n) is 1.88.